The molecule has 0 saturated heterocycles. The number of nitrogens with one attached hydrogen (secondary N) is 1. The summed E-state index contributed by atoms with van der Waals surface area (Å²) in [5.74, 6) is 0.565. The van der Waals surface area contributed by atoms with Gasteiger partial charge in [0.25, 0.3) is 0 Å². The van der Waals surface area contributed by atoms with Gasteiger partial charge < -0.3 is 20.3 Å². The molecule has 2 atom stereocenters. The molecule has 124 valence electrons. The van der Waals surface area contributed by atoms with E-state index in [0.717, 1.165) is 24.9 Å². The first-order chi connectivity index (χ1) is 11.1. The molecule has 0 fully saturated rings. The van der Waals surface area contributed by atoms with Crippen LogP contribution < -0.4 is 5.32 Å². The van der Waals surface area contributed by atoms with Crippen LogP contribution in [0, 0.1) is 0 Å². The second-order valence-corrected chi connectivity index (χ2v) is 5.83. The van der Waals surface area contributed by atoms with E-state index in [2.05, 4.69) is 12.2 Å². The molecule has 2 rings (SSSR count). The number of aryl methyl sites for hydroxylation is 1. The van der Waals surface area contributed by atoms with Crippen LogP contribution in [0.5, 0.6) is 11.5 Å². The number of benzene rings is 2. The molecule has 23 heavy (non-hydrogen) atoms. The number of hydrogen-bond donors (Lipinski definition) is 3. The van der Waals surface area contributed by atoms with Gasteiger partial charge in [0.1, 0.15) is 11.5 Å². The summed E-state index contributed by atoms with van der Waals surface area (Å²) in [6.45, 7) is 2.88. The average Bonchev–Trinajstić information content (AvgIpc) is 2.56. The number of aromatic hydroxyl groups is 2. The van der Waals surface area contributed by atoms with E-state index in [0.29, 0.717) is 11.8 Å². The van der Waals surface area contributed by atoms with Crippen molar-refractivity contribution < 1.29 is 14.9 Å². The average molecular weight is 315 g/mol. The Morgan fingerprint density at radius 3 is 2.09 bits per heavy atom. The van der Waals surface area contributed by atoms with Crippen molar-refractivity contribution in [3.8, 4) is 11.5 Å². The van der Waals surface area contributed by atoms with Crippen LogP contribution in [-0.2, 0) is 11.2 Å². The number of rotatable bonds is 8. The summed E-state index contributed by atoms with van der Waals surface area (Å²) in [5.41, 5.74) is 2.27. The van der Waals surface area contributed by atoms with Crippen LogP contribution in [0.3, 0.4) is 0 Å². The molecule has 0 aromatic heterocycles. The van der Waals surface area contributed by atoms with Crippen LogP contribution in [0.2, 0.25) is 0 Å². The second-order valence-electron chi connectivity index (χ2n) is 5.83. The molecule has 2 aromatic carbocycles. The summed E-state index contributed by atoms with van der Waals surface area (Å²) in [4.78, 5) is 0. The Bertz CT molecular complexity index is 581. The maximum atomic E-state index is 9.35. The van der Waals surface area contributed by atoms with Gasteiger partial charge in [0, 0.05) is 19.7 Å². The first kappa shape index (κ1) is 17.3. The molecule has 0 radical (unpaired) electrons. The van der Waals surface area contributed by atoms with Gasteiger partial charge in [0.15, 0.2) is 0 Å². The number of hydrogen-bond acceptors (Lipinski definition) is 4. The fourth-order valence-corrected chi connectivity index (χ4v) is 2.48. The number of methoxy groups -OCH3 is 1. The van der Waals surface area contributed by atoms with E-state index >= 15 is 0 Å². The summed E-state index contributed by atoms with van der Waals surface area (Å²) in [5, 5.41) is 22.1. The van der Waals surface area contributed by atoms with Gasteiger partial charge in [-0.3, -0.25) is 0 Å². The summed E-state index contributed by atoms with van der Waals surface area (Å²) >= 11 is 0. The van der Waals surface area contributed by atoms with Crippen LogP contribution in [-0.4, -0.2) is 29.9 Å². The number of phenols is 2. The lowest BCUT2D eigenvalue weighted by molar-refractivity contribution is 0.0996. The van der Waals surface area contributed by atoms with Gasteiger partial charge in [-0.15, -0.1) is 0 Å². The zero-order chi connectivity index (χ0) is 16.7. The Morgan fingerprint density at radius 1 is 0.957 bits per heavy atom. The quantitative estimate of drug-likeness (QED) is 0.699. The lowest BCUT2D eigenvalue weighted by atomic mass is 10.1. The monoisotopic (exact) mass is 315 g/mol. The Labute approximate surface area is 137 Å². The third-order valence-electron chi connectivity index (χ3n) is 4.00. The second kappa shape index (κ2) is 8.56. The summed E-state index contributed by atoms with van der Waals surface area (Å²) < 4.78 is 5.53. The van der Waals surface area contributed by atoms with E-state index in [1.165, 1.54) is 5.56 Å². The molecule has 0 heterocycles. The highest BCUT2D eigenvalue weighted by Gasteiger charge is 2.12. The van der Waals surface area contributed by atoms with E-state index in [-0.39, 0.29) is 11.9 Å². The first-order valence-corrected chi connectivity index (χ1v) is 7.91. The Kier molecular flexibility index (Phi) is 6.44. The molecule has 0 aliphatic heterocycles. The molecule has 4 heteroatoms. The molecular formula is C19H25NO3. The van der Waals surface area contributed by atoms with E-state index in [1.54, 1.807) is 31.4 Å². The zero-order valence-corrected chi connectivity index (χ0v) is 13.7. The van der Waals surface area contributed by atoms with Gasteiger partial charge in [-0.2, -0.15) is 0 Å². The highest BCUT2D eigenvalue weighted by Crippen LogP contribution is 2.19. The molecule has 3 N–H and O–H groups in total. The van der Waals surface area contributed by atoms with Gasteiger partial charge in [-0.25, -0.2) is 0 Å². The first-order valence-electron chi connectivity index (χ1n) is 7.91. The Hall–Kier alpha value is -2.04. The molecule has 0 bridgehead atoms. The van der Waals surface area contributed by atoms with Crippen molar-refractivity contribution in [2.75, 3.05) is 13.7 Å². The molecular weight excluding hydrogens is 290 g/mol. The third kappa shape index (κ3) is 5.58. The minimum Gasteiger partial charge on any atom is -0.508 e. The van der Waals surface area contributed by atoms with Crippen LogP contribution >= 0.6 is 0 Å². The Balaban J connectivity index is 1.79. The number of phenolic OH excluding ortho intramolecular Hbond substituents is 2. The highest BCUT2D eigenvalue weighted by atomic mass is 16.5. The molecule has 0 saturated carbocycles. The van der Waals surface area contributed by atoms with Crippen molar-refractivity contribution in [1.82, 2.24) is 5.32 Å². The van der Waals surface area contributed by atoms with Crippen molar-refractivity contribution >= 4 is 0 Å². The van der Waals surface area contributed by atoms with Gasteiger partial charge in [0.05, 0.1) is 6.10 Å². The van der Waals surface area contributed by atoms with Crippen LogP contribution in [0.25, 0.3) is 0 Å². The van der Waals surface area contributed by atoms with Crippen LogP contribution in [0.4, 0.5) is 0 Å². The third-order valence-corrected chi connectivity index (χ3v) is 4.00. The van der Waals surface area contributed by atoms with Crippen LogP contribution in [0.1, 0.15) is 30.6 Å². The highest BCUT2D eigenvalue weighted by molar-refractivity contribution is 5.28. The lowest BCUT2D eigenvalue weighted by Crippen LogP contribution is -2.31. The number of ether oxygens (including phenoxy) is 1. The molecule has 2 aromatic rings. The molecule has 0 aliphatic rings. The summed E-state index contributed by atoms with van der Waals surface area (Å²) in [6, 6.07) is 14.8. The van der Waals surface area contributed by atoms with Gasteiger partial charge in [-0.1, -0.05) is 24.3 Å². The topological polar surface area (TPSA) is 61.7 Å². The lowest BCUT2D eigenvalue weighted by Gasteiger charge is -2.20. The SMILES string of the molecule is COC(CNC(C)CCc1ccc(O)cc1)c1ccc(O)cc1. The summed E-state index contributed by atoms with van der Waals surface area (Å²) in [7, 11) is 1.69. The predicted molar refractivity (Wildman–Crippen MR) is 91.7 cm³/mol. The van der Waals surface area contributed by atoms with Gasteiger partial charge >= 0.3 is 0 Å². The fraction of sp³-hybridized carbons (Fsp3) is 0.368. The van der Waals surface area contributed by atoms with E-state index < -0.39 is 0 Å². The van der Waals surface area contributed by atoms with Crippen molar-refractivity contribution in [2.45, 2.75) is 31.9 Å². The Morgan fingerprint density at radius 2 is 1.52 bits per heavy atom. The zero-order valence-electron chi connectivity index (χ0n) is 13.7. The molecule has 0 spiro atoms. The van der Waals surface area contributed by atoms with Crippen molar-refractivity contribution in [3.05, 3.63) is 59.7 Å². The summed E-state index contributed by atoms with van der Waals surface area (Å²) in [6.07, 6.45) is 1.94. The maximum absolute atomic E-state index is 9.35. The normalized spacial score (nSPS) is 13.7. The molecule has 0 aliphatic carbocycles. The smallest absolute Gasteiger partial charge is 0.115 e. The standard InChI is InChI=1S/C19H25NO3/c1-14(3-4-15-5-9-17(21)10-6-15)20-13-19(23-2)16-7-11-18(22)12-8-16/h5-12,14,19-22H,3-4,13H2,1-2H3. The van der Waals surface area contributed by atoms with Gasteiger partial charge in [0.2, 0.25) is 0 Å². The predicted octanol–water partition coefficient (Wildman–Crippen LogP) is 3.40. The van der Waals surface area contributed by atoms with E-state index in [9.17, 15) is 10.2 Å². The van der Waals surface area contributed by atoms with E-state index in [1.807, 2.05) is 24.3 Å². The minimum atomic E-state index is -0.0354. The van der Waals surface area contributed by atoms with Crippen molar-refractivity contribution in [2.24, 2.45) is 0 Å². The fourth-order valence-electron chi connectivity index (χ4n) is 2.48. The maximum Gasteiger partial charge on any atom is 0.115 e. The molecule has 4 nitrogen and oxygen atoms in total. The largest absolute Gasteiger partial charge is 0.508 e. The molecule has 0 amide bonds. The molecule has 2 unspecified atom stereocenters. The minimum absolute atomic E-state index is 0.0354. The van der Waals surface area contributed by atoms with E-state index in [4.69, 9.17) is 4.74 Å². The van der Waals surface area contributed by atoms with Gasteiger partial charge in [-0.05, 0) is 55.2 Å². The van der Waals surface area contributed by atoms with Crippen molar-refractivity contribution in [1.29, 1.82) is 0 Å². The van der Waals surface area contributed by atoms with Crippen LogP contribution in [0.15, 0.2) is 48.5 Å². The van der Waals surface area contributed by atoms with Crippen molar-refractivity contribution in [3.63, 3.8) is 0 Å².